The molecular weight excluding hydrogens is 306 g/mol. The van der Waals surface area contributed by atoms with Crippen molar-refractivity contribution in [2.24, 2.45) is 0 Å². The molecule has 0 saturated carbocycles. The fraction of sp³-hybridized carbons (Fsp3) is 0.211. The summed E-state index contributed by atoms with van der Waals surface area (Å²) in [5, 5.41) is 9.52. The van der Waals surface area contributed by atoms with Crippen molar-refractivity contribution in [3.8, 4) is 0 Å². The molecule has 0 saturated heterocycles. The molecule has 1 atom stereocenters. The van der Waals surface area contributed by atoms with Crippen LogP contribution in [-0.2, 0) is 22.4 Å². The number of aliphatic carboxylic acids is 1. The summed E-state index contributed by atoms with van der Waals surface area (Å²) in [4.78, 5) is 37.0. The van der Waals surface area contributed by atoms with Crippen LogP contribution in [-0.4, -0.2) is 28.8 Å². The molecule has 1 heterocycles. The lowest BCUT2D eigenvalue weighted by Crippen LogP contribution is -2.42. The summed E-state index contributed by atoms with van der Waals surface area (Å²) in [6.45, 7) is 1.51. The first kappa shape index (κ1) is 15.9. The van der Waals surface area contributed by atoms with E-state index in [1.807, 2.05) is 6.07 Å². The van der Waals surface area contributed by atoms with Crippen molar-refractivity contribution < 1.29 is 19.5 Å². The third-order valence-electron chi connectivity index (χ3n) is 4.11. The highest BCUT2D eigenvalue weighted by Gasteiger charge is 2.38. The van der Waals surface area contributed by atoms with Crippen LogP contribution in [0.5, 0.6) is 0 Å². The topological polar surface area (TPSA) is 74.7 Å². The van der Waals surface area contributed by atoms with Gasteiger partial charge in [0.25, 0.3) is 5.91 Å². The predicted molar refractivity (Wildman–Crippen MR) is 89.2 cm³/mol. The molecule has 5 heteroatoms. The first-order chi connectivity index (χ1) is 11.5. The maximum absolute atomic E-state index is 12.8. The van der Waals surface area contributed by atoms with Crippen LogP contribution >= 0.6 is 0 Å². The van der Waals surface area contributed by atoms with Crippen LogP contribution in [0, 0.1) is 0 Å². The number of carboxylic acids is 1. The van der Waals surface area contributed by atoms with Crippen molar-refractivity contribution in [2.75, 3.05) is 4.90 Å². The lowest BCUT2D eigenvalue weighted by molar-refractivity contribution is -0.138. The van der Waals surface area contributed by atoms with Crippen molar-refractivity contribution >= 4 is 23.3 Å². The van der Waals surface area contributed by atoms with Gasteiger partial charge in [0.1, 0.15) is 11.8 Å². The molecule has 2 aromatic rings. The number of carbonyl (C=O) groups is 3. The zero-order valence-corrected chi connectivity index (χ0v) is 13.2. The first-order valence-electron chi connectivity index (χ1n) is 7.70. The van der Waals surface area contributed by atoms with E-state index in [-0.39, 0.29) is 18.1 Å². The quantitative estimate of drug-likeness (QED) is 0.938. The Morgan fingerprint density at radius 3 is 2.46 bits per heavy atom. The molecule has 1 N–H and O–H groups in total. The largest absolute Gasteiger partial charge is 0.480 e. The summed E-state index contributed by atoms with van der Waals surface area (Å²) in [7, 11) is 0. The average Bonchev–Trinajstić information content (AvgIpc) is 2.93. The number of carboxylic acid groups (broad SMARTS) is 1. The highest BCUT2D eigenvalue weighted by Crippen LogP contribution is 2.34. The number of anilines is 1. The molecule has 0 bridgehead atoms. The Morgan fingerprint density at radius 2 is 1.83 bits per heavy atom. The van der Waals surface area contributed by atoms with E-state index < -0.39 is 12.0 Å². The number of ketones is 1. The first-order valence-corrected chi connectivity index (χ1v) is 7.70. The molecule has 1 aliphatic heterocycles. The fourth-order valence-electron chi connectivity index (χ4n) is 3.07. The van der Waals surface area contributed by atoms with Crippen LogP contribution in [0.4, 0.5) is 5.69 Å². The zero-order chi connectivity index (χ0) is 17.3. The Morgan fingerprint density at radius 1 is 1.12 bits per heavy atom. The molecule has 1 amide bonds. The molecule has 2 aromatic carbocycles. The van der Waals surface area contributed by atoms with E-state index in [0.29, 0.717) is 17.7 Å². The Hall–Kier alpha value is -2.95. The predicted octanol–water partition coefficient (Wildman–Crippen LogP) is 2.47. The maximum Gasteiger partial charge on any atom is 0.327 e. The smallest absolute Gasteiger partial charge is 0.327 e. The van der Waals surface area contributed by atoms with Gasteiger partial charge in [0, 0.05) is 24.1 Å². The van der Waals surface area contributed by atoms with Crippen LogP contribution in [0.2, 0.25) is 0 Å². The molecule has 1 aliphatic rings. The van der Waals surface area contributed by atoms with Gasteiger partial charge in [-0.1, -0.05) is 30.3 Å². The third-order valence-corrected chi connectivity index (χ3v) is 4.11. The van der Waals surface area contributed by atoms with Gasteiger partial charge in [-0.3, -0.25) is 14.5 Å². The minimum absolute atomic E-state index is 0.0416. The molecule has 0 fully saturated rings. The van der Waals surface area contributed by atoms with E-state index in [4.69, 9.17) is 0 Å². The molecule has 0 spiro atoms. The van der Waals surface area contributed by atoms with E-state index in [1.54, 1.807) is 42.5 Å². The number of benzene rings is 2. The van der Waals surface area contributed by atoms with Crippen molar-refractivity contribution in [2.45, 2.75) is 25.8 Å². The van der Waals surface area contributed by atoms with E-state index >= 15 is 0 Å². The van der Waals surface area contributed by atoms with Gasteiger partial charge in [0.15, 0.2) is 0 Å². The van der Waals surface area contributed by atoms with Crippen molar-refractivity contribution in [3.63, 3.8) is 0 Å². The van der Waals surface area contributed by atoms with Crippen molar-refractivity contribution in [1.29, 1.82) is 0 Å². The number of fused-ring (bicyclic) bond motifs is 1. The Kier molecular flexibility index (Phi) is 4.16. The van der Waals surface area contributed by atoms with Gasteiger partial charge in [0.05, 0.1) is 0 Å². The molecule has 0 aliphatic carbocycles. The summed E-state index contributed by atoms with van der Waals surface area (Å²) < 4.78 is 0. The van der Waals surface area contributed by atoms with Gasteiger partial charge < -0.3 is 5.11 Å². The Balaban J connectivity index is 2.00. The summed E-state index contributed by atoms with van der Waals surface area (Å²) >= 11 is 0. The van der Waals surface area contributed by atoms with Crippen LogP contribution in [0.1, 0.15) is 28.4 Å². The number of nitrogens with zero attached hydrogens (tertiary/aromatic N) is 1. The lowest BCUT2D eigenvalue weighted by atomic mass is 10.0. The van der Waals surface area contributed by atoms with E-state index in [2.05, 4.69) is 0 Å². The molecule has 3 rings (SSSR count). The highest BCUT2D eigenvalue weighted by atomic mass is 16.4. The minimum Gasteiger partial charge on any atom is -0.480 e. The van der Waals surface area contributed by atoms with Crippen molar-refractivity contribution in [1.82, 2.24) is 0 Å². The second-order valence-corrected chi connectivity index (χ2v) is 5.94. The van der Waals surface area contributed by atoms with E-state index in [9.17, 15) is 19.5 Å². The normalized spacial score (nSPS) is 15.9. The zero-order valence-electron chi connectivity index (χ0n) is 13.2. The van der Waals surface area contributed by atoms with Gasteiger partial charge in [-0.25, -0.2) is 4.79 Å². The second-order valence-electron chi connectivity index (χ2n) is 5.94. The number of hydrogen-bond donors (Lipinski definition) is 1. The third kappa shape index (κ3) is 2.93. The van der Waals surface area contributed by atoms with Crippen molar-refractivity contribution in [3.05, 3.63) is 65.2 Å². The second kappa shape index (κ2) is 6.28. The monoisotopic (exact) mass is 323 g/mol. The average molecular weight is 323 g/mol. The summed E-state index contributed by atoms with van der Waals surface area (Å²) in [6.07, 6.45) is 0.548. The maximum atomic E-state index is 12.8. The van der Waals surface area contributed by atoms with E-state index in [1.165, 1.54) is 11.8 Å². The molecular formula is C19H17NO4. The lowest BCUT2D eigenvalue weighted by Gasteiger charge is -2.22. The summed E-state index contributed by atoms with van der Waals surface area (Å²) in [5.41, 5.74) is 2.66. The molecule has 0 radical (unpaired) electrons. The van der Waals surface area contributed by atoms with Crippen LogP contribution in [0.15, 0.2) is 48.5 Å². The van der Waals surface area contributed by atoms with Crippen LogP contribution in [0.3, 0.4) is 0 Å². The van der Waals surface area contributed by atoms with E-state index in [0.717, 1.165) is 11.1 Å². The molecule has 24 heavy (non-hydrogen) atoms. The van der Waals surface area contributed by atoms with Gasteiger partial charge >= 0.3 is 5.97 Å². The van der Waals surface area contributed by atoms with Gasteiger partial charge in [0.2, 0.25) is 0 Å². The summed E-state index contributed by atoms with van der Waals surface area (Å²) in [5.74, 6) is -1.33. The van der Waals surface area contributed by atoms with Gasteiger partial charge in [-0.05, 0) is 36.2 Å². The Labute approximate surface area is 139 Å². The van der Waals surface area contributed by atoms with Crippen LogP contribution in [0.25, 0.3) is 0 Å². The highest BCUT2D eigenvalue weighted by molar-refractivity contribution is 6.10. The number of rotatable bonds is 4. The number of carbonyl (C=O) groups excluding carboxylic acids is 2. The fourth-order valence-corrected chi connectivity index (χ4v) is 3.07. The molecule has 1 unspecified atom stereocenters. The number of Topliss-reactive ketones (excluding diaryl/α,β-unsaturated/α-hetero) is 1. The molecule has 122 valence electrons. The standard InChI is InChI=1S/C19H17NO4/c1-12(21)9-13-7-8-16-15(10-13)11-17(19(23)24)20(16)18(22)14-5-3-2-4-6-14/h2-8,10,17H,9,11H2,1H3,(H,23,24). The van der Waals surface area contributed by atoms with Crippen LogP contribution < -0.4 is 4.90 Å². The Bertz CT molecular complexity index is 813. The minimum atomic E-state index is -1.04. The molecule has 5 nitrogen and oxygen atoms in total. The number of amides is 1. The van der Waals surface area contributed by atoms with Gasteiger partial charge in [-0.15, -0.1) is 0 Å². The molecule has 0 aromatic heterocycles. The SMILES string of the molecule is CC(=O)Cc1ccc2c(c1)CC(C(=O)O)N2C(=O)c1ccccc1. The van der Waals surface area contributed by atoms with Gasteiger partial charge in [-0.2, -0.15) is 0 Å². The summed E-state index contributed by atoms with van der Waals surface area (Å²) in [6, 6.07) is 13.0. The number of hydrogen-bond acceptors (Lipinski definition) is 3.